The summed E-state index contributed by atoms with van der Waals surface area (Å²) < 4.78 is 0. The van der Waals surface area contributed by atoms with Gasteiger partial charge in [-0.3, -0.25) is 9.78 Å². The van der Waals surface area contributed by atoms with Gasteiger partial charge in [0.2, 0.25) is 0 Å². The molecule has 1 N–H and O–H groups in total. The highest BCUT2D eigenvalue weighted by atomic mass is 16.6. The first-order valence-corrected chi connectivity index (χ1v) is 10.1. The van der Waals surface area contributed by atoms with Crippen molar-refractivity contribution in [2.75, 3.05) is 0 Å². The Balaban J connectivity index is 1.74. The second-order valence-corrected chi connectivity index (χ2v) is 7.68. The topological polar surface area (TPSA) is 87.4 Å². The highest BCUT2D eigenvalue weighted by Gasteiger charge is 2.26. The predicted octanol–water partition coefficient (Wildman–Crippen LogP) is 4.62. The van der Waals surface area contributed by atoms with Crippen molar-refractivity contribution in [2.24, 2.45) is 5.16 Å². The number of hydrogen-bond donors (Lipinski definition) is 1. The molecule has 3 aromatic rings. The van der Waals surface area contributed by atoms with Gasteiger partial charge in [0.25, 0.3) is 5.91 Å². The molecule has 0 saturated heterocycles. The van der Waals surface area contributed by atoms with Gasteiger partial charge in [0.05, 0.1) is 23.0 Å². The van der Waals surface area contributed by atoms with E-state index in [1.54, 1.807) is 12.3 Å². The van der Waals surface area contributed by atoms with E-state index < -0.39 is 0 Å². The lowest BCUT2D eigenvalue weighted by atomic mass is 9.93. The minimum atomic E-state index is -0.265. The van der Waals surface area contributed by atoms with Crippen LogP contribution in [0, 0.1) is 11.3 Å². The smallest absolute Gasteiger partial charge is 0.251 e. The van der Waals surface area contributed by atoms with Crippen LogP contribution in [-0.4, -0.2) is 22.6 Å². The molecule has 0 radical (unpaired) electrons. The number of nitriles is 1. The lowest BCUT2D eigenvalue weighted by Crippen LogP contribution is -2.30. The number of rotatable bonds is 5. The summed E-state index contributed by atoms with van der Waals surface area (Å²) in [6.07, 6.45) is 2.01. The summed E-state index contributed by atoms with van der Waals surface area (Å²) in [6, 6.07) is 20.8. The van der Waals surface area contributed by atoms with Crippen LogP contribution in [0.5, 0.6) is 0 Å². The van der Waals surface area contributed by atoms with Gasteiger partial charge in [-0.15, -0.1) is 0 Å². The predicted molar refractivity (Wildman–Crippen MR) is 118 cm³/mol. The average Bonchev–Trinajstić information content (AvgIpc) is 3.29. The van der Waals surface area contributed by atoms with Crippen LogP contribution in [0.2, 0.25) is 0 Å². The number of nitrogens with one attached hydrogen (secondary N) is 1. The van der Waals surface area contributed by atoms with Crippen LogP contribution < -0.4 is 5.32 Å². The SMILES string of the molecule is CC(C)NC(=O)c1cc(C2=NOC(c3ccccn3)C2)cc(-c2ccccc2C#N)c1. The van der Waals surface area contributed by atoms with Crippen LogP contribution in [0.25, 0.3) is 11.1 Å². The molecule has 0 bridgehead atoms. The number of carbonyl (C=O) groups excluding carboxylic acids is 1. The molecule has 6 nitrogen and oxygen atoms in total. The Morgan fingerprint density at radius 1 is 1.13 bits per heavy atom. The van der Waals surface area contributed by atoms with Gasteiger partial charge < -0.3 is 10.2 Å². The highest BCUT2D eigenvalue weighted by Crippen LogP contribution is 2.31. The van der Waals surface area contributed by atoms with Crippen molar-refractivity contribution < 1.29 is 9.63 Å². The molecule has 0 aliphatic carbocycles. The van der Waals surface area contributed by atoms with Crippen molar-refractivity contribution in [1.29, 1.82) is 5.26 Å². The molecule has 1 unspecified atom stereocenters. The van der Waals surface area contributed by atoms with Crippen molar-refractivity contribution >= 4 is 11.6 Å². The van der Waals surface area contributed by atoms with Crippen LogP contribution in [0.15, 0.2) is 72.0 Å². The fourth-order valence-corrected chi connectivity index (χ4v) is 3.53. The summed E-state index contributed by atoms with van der Waals surface area (Å²) in [4.78, 5) is 22.8. The van der Waals surface area contributed by atoms with E-state index in [-0.39, 0.29) is 18.1 Å². The molecule has 1 aliphatic heterocycles. The van der Waals surface area contributed by atoms with Gasteiger partial charge in [-0.05, 0) is 61.4 Å². The second-order valence-electron chi connectivity index (χ2n) is 7.68. The number of amides is 1. The first-order valence-electron chi connectivity index (χ1n) is 10.1. The molecule has 1 amide bonds. The molecule has 2 heterocycles. The first kappa shape index (κ1) is 20.3. The number of aromatic nitrogens is 1. The summed E-state index contributed by atoms with van der Waals surface area (Å²) in [6.45, 7) is 3.83. The van der Waals surface area contributed by atoms with Gasteiger partial charge in [-0.2, -0.15) is 5.26 Å². The second kappa shape index (κ2) is 8.80. The number of benzene rings is 2. The normalized spacial score (nSPS) is 15.2. The molecular weight excluding hydrogens is 388 g/mol. The summed E-state index contributed by atoms with van der Waals surface area (Å²) in [5, 5.41) is 16.8. The van der Waals surface area contributed by atoms with Crippen LogP contribution in [0.4, 0.5) is 0 Å². The molecule has 0 spiro atoms. The number of hydrogen-bond acceptors (Lipinski definition) is 5. The fraction of sp³-hybridized carbons (Fsp3) is 0.200. The monoisotopic (exact) mass is 410 g/mol. The Bertz CT molecular complexity index is 1180. The third kappa shape index (κ3) is 4.46. The van der Waals surface area contributed by atoms with E-state index in [0.717, 1.165) is 28.1 Å². The van der Waals surface area contributed by atoms with Gasteiger partial charge in [0.1, 0.15) is 0 Å². The zero-order valence-corrected chi connectivity index (χ0v) is 17.4. The summed E-state index contributed by atoms with van der Waals surface area (Å²) >= 11 is 0. The first-order chi connectivity index (χ1) is 15.0. The Kier molecular flexibility index (Phi) is 5.76. The maximum atomic E-state index is 12.8. The quantitative estimate of drug-likeness (QED) is 0.665. The molecule has 6 heteroatoms. The van der Waals surface area contributed by atoms with Gasteiger partial charge >= 0.3 is 0 Å². The molecule has 154 valence electrons. The van der Waals surface area contributed by atoms with Crippen LogP contribution in [-0.2, 0) is 4.84 Å². The lowest BCUT2D eigenvalue weighted by molar-refractivity contribution is 0.0826. The molecular formula is C25H22N4O2. The van der Waals surface area contributed by atoms with E-state index in [1.165, 1.54) is 0 Å². The number of pyridine rings is 1. The van der Waals surface area contributed by atoms with E-state index in [4.69, 9.17) is 4.84 Å². The van der Waals surface area contributed by atoms with E-state index in [1.807, 2.05) is 68.4 Å². The van der Waals surface area contributed by atoms with Gasteiger partial charge in [-0.25, -0.2) is 0 Å². The molecule has 4 rings (SSSR count). The standard InChI is InChI=1S/C25H22N4O2/c1-16(2)28-25(30)20-12-18(21-8-4-3-7-17(21)15-26)11-19(13-20)23-14-24(31-29-23)22-9-5-6-10-27-22/h3-13,16,24H,14H2,1-2H3,(H,28,30). The van der Waals surface area contributed by atoms with Crippen molar-refractivity contribution in [3.8, 4) is 17.2 Å². The Hall–Kier alpha value is -3.98. The third-order valence-electron chi connectivity index (χ3n) is 4.99. The number of carbonyl (C=O) groups is 1. The largest absolute Gasteiger partial charge is 0.385 e. The van der Waals surface area contributed by atoms with Gasteiger partial charge in [0.15, 0.2) is 6.10 Å². The maximum absolute atomic E-state index is 12.8. The minimum absolute atomic E-state index is 0.00620. The molecule has 0 fully saturated rings. The van der Waals surface area contributed by atoms with Gasteiger partial charge in [0, 0.05) is 29.8 Å². The van der Waals surface area contributed by atoms with E-state index in [0.29, 0.717) is 17.5 Å². The summed E-state index contributed by atoms with van der Waals surface area (Å²) in [5.74, 6) is -0.173. The zero-order valence-electron chi connectivity index (χ0n) is 17.4. The molecule has 0 saturated carbocycles. The molecule has 1 aromatic heterocycles. The average molecular weight is 410 g/mol. The van der Waals surface area contributed by atoms with Crippen LogP contribution in [0.1, 0.15) is 53.6 Å². The Morgan fingerprint density at radius 3 is 2.65 bits per heavy atom. The number of oxime groups is 1. The molecule has 2 aromatic carbocycles. The lowest BCUT2D eigenvalue weighted by Gasteiger charge is -2.13. The zero-order chi connectivity index (χ0) is 21.8. The minimum Gasteiger partial charge on any atom is -0.385 e. The molecule has 1 atom stereocenters. The van der Waals surface area contributed by atoms with E-state index in [9.17, 15) is 10.1 Å². The van der Waals surface area contributed by atoms with Crippen molar-refractivity contribution in [1.82, 2.24) is 10.3 Å². The van der Waals surface area contributed by atoms with E-state index in [2.05, 4.69) is 21.5 Å². The Morgan fingerprint density at radius 2 is 1.90 bits per heavy atom. The van der Waals surface area contributed by atoms with Crippen LogP contribution >= 0.6 is 0 Å². The maximum Gasteiger partial charge on any atom is 0.251 e. The van der Waals surface area contributed by atoms with Gasteiger partial charge in [-0.1, -0.05) is 29.4 Å². The number of nitrogens with zero attached hydrogens (tertiary/aromatic N) is 3. The van der Waals surface area contributed by atoms with Crippen molar-refractivity contribution in [3.05, 3.63) is 89.2 Å². The van der Waals surface area contributed by atoms with Crippen molar-refractivity contribution in [3.63, 3.8) is 0 Å². The van der Waals surface area contributed by atoms with E-state index >= 15 is 0 Å². The molecule has 1 aliphatic rings. The van der Waals surface area contributed by atoms with Crippen LogP contribution in [0.3, 0.4) is 0 Å². The fourth-order valence-electron chi connectivity index (χ4n) is 3.53. The third-order valence-corrected chi connectivity index (χ3v) is 4.99. The Labute approximate surface area is 181 Å². The highest BCUT2D eigenvalue weighted by molar-refractivity contribution is 6.05. The molecule has 31 heavy (non-hydrogen) atoms. The summed E-state index contributed by atoms with van der Waals surface area (Å²) in [5.41, 5.74) is 4.95. The summed E-state index contributed by atoms with van der Waals surface area (Å²) in [7, 11) is 0. The van der Waals surface area contributed by atoms with Crippen molar-refractivity contribution in [2.45, 2.75) is 32.4 Å².